The van der Waals surface area contributed by atoms with Crippen LogP contribution in [0.5, 0.6) is 0 Å². The predicted octanol–water partition coefficient (Wildman–Crippen LogP) is 1.70. The number of nitrogens with zero attached hydrogens (tertiary/aromatic N) is 2. The molecular formula is C18H22FN3O4. The Balaban J connectivity index is 1.75. The summed E-state index contributed by atoms with van der Waals surface area (Å²) < 4.78 is 19.9. The van der Waals surface area contributed by atoms with Crippen molar-refractivity contribution in [1.82, 2.24) is 5.32 Å². The van der Waals surface area contributed by atoms with E-state index in [-0.39, 0.29) is 36.7 Å². The van der Waals surface area contributed by atoms with Gasteiger partial charge in [0.15, 0.2) is 5.78 Å². The van der Waals surface area contributed by atoms with Crippen molar-refractivity contribution in [3.05, 3.63) is 24.0 Å². The lowest BCUT2D eigenvalue weighted by atomic mass is 10.1. The number of rotatable bonds is 4. The standard InChI is InChI=1S/C18H22FN3O4/c1-10-8-21(11(2)17(10)24)16-5-4-13(6-15(16)19)22-9-14(26-18(22)25)7-20-12(3)23/h4-6,10-11,14H,7-9H2,1-3H3,(H,20,23)/t10?,11?,14-/m0/s1. The van der Waals surface area contributed by atoms with Crippen LogP contribution in [0.25, 0.3) is 0 Å². The number of carbonyl (C=O) groups is 3. The Morgan fingerprint density at radius 1 is 1.31 bits per heavy atom. The van der Waals surface area contributed by atoms with Gasteiger partial charge in [0.05, 0.1) is 30.5 Å². The largest absolute Gasteiger partial charge is 0.442 e. The molecule has 0 radical (unpaired) electrons. The molecule has 7 nitrogen and oxygen atoms in total. The van der Waals surface area contributed by atoms with Crippen molar-refractivity contribution in [1.29, 1.82) is 0 Å². The van der Waals surface area contributed by atoms with E-state index in [1.807, 2.05) is 6.92 Å². The molecule has 3 rings (SSSR count). The summed E-state index contributed by atoms with van der Waals surface area (Å²) in [5.41, 5.74) is 0.731. The molecule has 3 atom stereocenters. The summed E-state index contributed by atoms with van der Waals surface area (Å²) in [6, 6.07) is 4.13. The van der Waals surface area contributed by atoms with Crippen LogP contribution < -0.4 is 15.1 Å². The number of cyclic esters (lactones) is 1. The van der Waals surface area contributed by atoms with Crippen LogP contribution in [-0.4, -0.2) is 49.6 Å². The minimum atomic E-state index is -0.578. The highest BCUT2D eigenvalue weighted by Gasteiger charge is 2.37. The lowest BCUT2D eigenvalue weighted by Crippen LogP contribution is -2.33. The Morgan fingerprint density at radius 2 is 2.04 bits per heavy atom. The van der Waals surface area contributed by atoms with Gasteiger partial charge in [-0.2, -0.15) is 0 Å². The summed E-state index contributed by atoms with van der Waals surface area (Å²) in [6.07, 6.45) is -1.06. The fourth-order valence-corrected chi connectivity index (χ4v) is 3.41. The zero-order chi connectivity index (χ0) is 19.0. The summed E-state index contributed by atoms with van der Waals surface area (Å²) in [4.78, 5) is 38.1. The van der Waals surface area contributed by atoms with Gasteiger partial charge in [-0.05, 0) is 25.1 Å². The molecule has 26 heavy (non-hydrogen) atoms. The van der Waals surface area contributed by atoms with E-state index in [2.05, 4.69) is 5.32 Å². The molecular weight excluding hydrogens is 341 g/mol. The van der Waals surface area contributed by atoms with Crippen molar-refractivity contribution in [2.75, 3.05) is 29.4 Å². The Bertz CT molecular complexity index is 754. The monoisotopic (exact) mass is 363 g/mol. The molecule has 2 saturated heterocycles. The zero-order valence-corrected chi connectivity index (χ0v) is 15.0. The number of ether oxygens (including phenoxy) is 1. The SMILES string of the molecule is CC(=O)NC[C@H]1CN(c2ccc(N3CC(C)C(=O)C3C)c(F)c2)C(=O)O1. The van der Waals surface area contributed by atoms with Gasteiger partial charge in [-0.15, -0.1) is 0 Å². The Kier molecular flexibility index (Phi) is 4.84. The number of amides is 2. The van der Waals surface area contributed by atoms with Crippen LogP contribution in [0.3, 0.4) is 0 Å². The Labute approximate surface area is 151 Å². The average Bonchev–Trinajstić information content (AvgIpc) is 3.08. The molecule has 1 aromatic carbocycles. The van der Waals surface area contributed by atoms with Gasteiger partial charge in [-0.1, -0.05) is 6.92 Å². The number of Topliss-reactive ketones (excluding diaryl/α,β-unsaturated/α-hetero) is 1. The first-order chi connectivity index (χ1) is 12.3. The molecule has 8 heteroatoms. The van der Waals surface area contributed by atoms with Crippen molar-refractivity contribution in [3.63, 3.8) is 0 Å². The second-order valence-corrected chi connectivity index (χ2v) is 6.82. The molecule has 0 spiro atoms. The number of nitrogens with one attached hydrogen (secondary N) is 1. The van der Waals surface area contributed by atoms with Crippen LogP contribution in [-0.2, 0) is 14.3 Å². The average molecular weight is 363 g/mol. The number of carbonyl (C=O) groups excluding carboxylic acids is 3. The summed E-state index contributed by atoms with van der Waals surface area (Å²) in [5, 5.41) is 2.60. The van der Waals surface area contributed by atoms with E-state index < -0.39 is 18.0 Å². The van der Waals surface area contributed by atoms with Crippen LogP contribution in [0.15, 0.2) is 18.2 Å². The highest BCUT2D eigenvalue weighted by atomic mass is 19.1. The van der Waals surface area contributed by atoms with Crippen LogP contribution in [0.2, 0.25) is 0 Å². The van der Waals surface area contributed by atoms with Gasteiger partial charge in [0.2, 0.25) is 5.91 Å². The number of halogens is 1. The highest BCUT2D eigenvalue weighted by Crippen LogP contribution is 2.32. The fourth-order valence-electron chi connectivity index (χ4n) is 3.41. The maximum absolute atomic E-state index is 14.7. The third-order valence-electron chi connectivity index (χ3n) is 4.84. The van der Waals surface area contributed by atoms with Crippen molar-refractivity contribution < 1.29 is 23.5 Å². The highest BCUT2D eigenvalue weighted by molar-refractivity contribution is 5.93. The topological polar surface area (TPSA) is 79.0 Å². The second-order valence-electron chi connectivity index (χ2n) is 6.82. The van der Waals surface area contributed by atoms with Crippen LogP contribution >= 0.6 is 0 Å². The van der Waals surface area contributed by atoms with Crippen molar-refractivity contribution >= 4 is 29.2 Å². The normalized spacial score (nSPS) is 25.6. The van der Waals surface area contributed by atoms with Gasteiger partial charge in [-0.3, -0.25) is 14.5 Å². The van der Waals surface area contributed by atoms with Crippen LogP contribution in [0.1, 0.15) is 20.8 Å². The van der Waals surface area contributed by atoms with Crippen molar-refractivity contribution in [2.45, 2.75) is 32.9 Å². The summed E-state index contributed by atoms with van der Waals surface area (Å²) in [7, 11) is 0. The minimum Gasteiger partial charge on any atom is -0.442 e. The molecule has 140 valence electrons. The Morgan fingerprint density at radius 3 is 2.62 bits per heavy atom. The van der Waals surface area contributed by atoms with Gasteiger partial charge in [0.25, 0.3) is 0 Å². The van der Waals surface area contributed by atoms with E-state index in [1.54, 1.807) is 24.0 Å². The first-order valence-corrected chi connectivity index (χ1v) is 8.60. The molecule has 1 N–H and O–H groups in total. The van der Waals surface area contributed by atoms with Gasteiger partial charge < -0.3 is 15.0 Å². The third-order valence-corrected chi connectivity index (χ3v) is 4.84. The Hall–Kier alpha value is -2.64. The van der Waals surface area contributed by atoms with Gasteiger partial charge in [-0.25, -0.2) is 9.18 Å². The maximum atomic E-state index is 14.7. The summed E-state index contributed by atoms with van der Waals surface area (Å²) >= 11 is 0. The zero-order valence-electron chi connectivity index (χ0n) is 15.0. The van der Waals surface area contributed by atoms with Gasteiger partial charge >= 0.3 is 6.09 Å². The smallest absolute Gasteiger partial charge is 0.414 e. The summed E-state index contributed by atoms with van der Waals surface area (Å²) in [5.74, 6) is -0.739. The van der Waals surface area contributed by atoms with E-state index in [9.17, 15) is 18.8 Å². The van der Waals surface area contributed by atoms with E-state index in [0.717, 1.165) is 0 Å². The lowest BCUT2D eigenvalue weighted by Gasteiger charge is -2.24. The minimum absolute atomic E-state index is 0.0948. The van der Waals surface area contributed by atoms with E-state index in [0.29, 0.717) is 17.9 Å². The molecule has 0 saturated carbocycles. The fraction of sp³-hybridized carbons (Fsp3) is 0.500. The predicted molar refractivity (Wildman–Crippen MR) is 93.7 cm³/mol. The molecule has 2 aliphatic rings. The lowest BCUT2D eigenvalue weighted by molar-refractivity contribution is -0.121. The first kappa shape index (κ1) is 18.2. The van der Waals surface area contributed by atoms with Gasteiger partial charge in [0.1, 0.15) is 11.9 Å². The van der Waals surface area contributed by atoms with Crippen LogP contribution in [0.4, 0.5) is 20.6 Å². The molecule has 2 unspecified atom stereocenters. The van der Waals surface area contributed by atoms with E-state index in [4.69, 9.17) is 4.74 Å². The van der Waals surface area contributed by atoms with Crippen LogP contribution in [0, 0.1) is 11.7 Å². The molecule has 0 bridgehead atoms. The van der Waals surface area contributed by atoms with E-state index in [1.165, 1.54) is 17.9 Å². The quantitative estimate of drug-likeness (QED) is 0.881. The van der Waals surface area contributed by atoms with Crippen molar-refractivity contribution in [3.8, 4) is 0 Å². The second kappa shape index (κ2) is 6.93. The third kappa shape index (κ3) is 3.36. The van der Waals surface area contributed by atoms with Crippen molar-refractivity contribution in [2.24, 2.45) is 5.92 Å². The molecule has 1 aromatic rings. The molecule has 0 aliphatic carbocycles. The maximum Gasteiger partial charge on any atom is 0.414 e. The van der Waals surface area contributed by atoms with E-state index >= 15 is 0 Å². The number of hydrogen-bond acceptors (Lipinski definition) is 5. The number of benzene rings is 1. The number of hydrogen-bond donors (Lipinski definition) is 1. The molecule has 2 aliphatic heterocycles. The summed E-state index contributed by atoms with van der Waals surface area (Å²) in [6.45, 7) is 5.90. The van der Waals surface area contributed by atoms with Gasteiger partial charge in [0, 0.05) is 19.4 Å². The first-order valence-electron chi connectivity index (χ1n) is 8.60. The molecule has 2 fully saturated rings. The molecule has 0 aromatic heterocycles. The molecule has 2 amide bonds. The number of anilines is 2. The molecule has 2 heterocycles. The number of ketones is 1.